The molecule has 0 aliphatic carbocycles. The molecule has 38 heavy (non-hydrogen) atoms. The number of aryl methyl sites for hydroxylation is 2. The topological polar surface area (TPSA) is 92.2 Å². The molecule has 2 aromatic carbocycles. The lowest BCUT2D eigenvalue weighted by Gasteiger charge is -2.40. The summed E-state index contributed by atoms with van der Waals surface area (Å²) in [4.78, 5) is 21.5. The van der Waals surface area contributed by atoms with Gasteiger partial charge in [-0.15, -0.1) is 5.10 Å². The lowest BCUT2D eigenvalue weighted by Crippen LogP contribution is -2.49. The highest BCUT2D eigenvalue weighted by Gasteiger charge is 2.34. The lowest BCUT2D eigenvalue weighted by molar-refractivity contribution is 0.0906. The minimum absolute atomic E-state index is 0.0941. The summed E-state index contributed by atoms with van der Waals surface area (Å²) in [5.41, 5.74) is 6.40. The van der Waals surface area contributed by atoms with Gasteiger partial charge >= 0.3 is 0 Å². The molecule has 9 nitrogen and oxygen atoms in total. The van der Waals surface area contributed by atoms with Crippen LogP contribution < -0.4 is 10.5 Å². The Bertz CT molecular complexity index is 1500. The fourth-order valence-electron chi connectivity index (χ4n) is 5.92. The van der Waals surface area contributed by atoms with Crippen LogP contribution in [-0.2, 0) is 11.3 Å². The molecule has 2 atom stereocenters. The largest absolute Gasteiger partial charge is 0.376 e. The third kappa shape index (κ3) is 4.61. The summed E-state index contributed by atoms with van der Waals surface area (Å²) in [6.45, 7) is 11.0. The van der Waals surface area contributed by atoms with Crippen LogP contribution in [0.1, 0.15) is 47.0 Å². The van der Waals surface area contributed by atoms with Crippen LogP contribution in [0.3, 0.4) is 0 Å². The van der Waals surface area contributed by atoms with Crippen molar-refractivity contribution in [2.45, 2.75) is 52.3 Å². The molecule has 2 fully saturated rings. The average molecular weight is 514 g/mol. The van der Waals surface area contributed by atoms with Crippen molar-refractivity contribution in [2.24, 2.45) is 0 Å². The first kappa shape index (κ1) is 24.8. The van der Waals surface area contributed by atoms with Crippen LogP contribution in [0.5, 0.6) is 0 Å². The van der Waals surface area contributed by atoms with Crippen molar-refractivity contribution in [1.82, 2.24) is 30.1 Å². The first-order chi connectivity index (χ1) is 18.5. The van der Waals surface area contributed by atoms with Gasteiger partial charge in [0.05, 0.1) is 18.2 Å². The standard InChI is InChI=1S/C29H35N7O2/c1-19-7-5-11-25(21(19)3)34-12-14-35(15-13-34)27(28-31-32-33-36(28)18-23-10-6-16-38-23)24-17-22-9-4-8-20(2)26(22)30-29(24)37/h4-5,7-9,11,17,23,27H,6,10,12-16,18H2,1-3H3,(H,30,37)/t23-,27+/m0/s1. The number of hydrogen-bond donors (Lipinski definition) is 1. The normalized spacial score (nSPS) is 19.3. The van der Waals surface area contributed by atoms with Crippen molar-refractivity contribution in [2.75, 3.05) is 37.7 Å². The van der Waals surface area contributed by atoms with Crippen molar-refractivity contribution < 1.29 is 4.74 Å². The number of tetrazole rings is 1. The number of piperazine rings is 1. The number of nitrogens with one attached hydrogen (secondary N) is 1. The highest BCUT2D eigenvalue weighted by atomic mass is 16.5. The first-order valence-electron chi connectivity index (χ1n) is 13.5. The lowest BCUT2D eigenvalue weighted by atomic mass is 10.0. The van der Waals surface area contributed by atoms with Gasteiger partial charge in [-0.3, -0.25) is 9.69 Å². The molecule has 0 saturated carbocycles. The monoisotopic (exact) mass is 513 g/mol. The second-order valence-electron chi connectivity index (χ2n) is 10.6. The SMILES string of the molecule is Cc1cccc(N2CCN([C@H](c3cc4cccc(C)c4[nH]c3=O)c3nnnn3C[C@@H]3CCCO3)CC2)c1C. The summed E-state index contributed by atoms with van der Waals surface area (Å²) in [5.74, 6) is 0.693. The molecule has 0 spiro atoms. The van der Waals surface area contributed by atoms with E-state index < -0.39 is 0 Å². The number of aromatic amines is 1. The Balaban J connectivity index is 1.37. The van der Waals surface area contributed by atoms with Gasteiger partial charge in [0, 0.05) is 44.0 Å². The zero-order chi connectivity index (χ0) is 26.2. The summed E-state index contributed by atoms with van der Waals surface area (Å²) < 4.78 is 7.73. The second-order valence-corrected chi connectivity index (χ2v) is 10.6. The number of H-pyrrole nitrogens is 1. The zero-order valence-electron chi connectivity index (χ0n) is 22.4. The van der Waals surface area contributed by atoms with Crippen LogP contribution in [0.4, 0.5) is 5.69 Å². The number of nitrogens with zero attached hydrogens (tertiary/aromatic N) is 6. The Labute approximate surface area is 222 Å². The Kier molecular flexibility index (Phi) is 6.71. The molecule has 0 unspecified atom stereocenters. The van der Waals surface area contributed by atoms with E-state index in [-0.39, 0.29) is 17.7 Å². The van der Waals surface area contributed by atoms with E-state index in [1.807, 2.05) is 35.9 Å². The molecule has 9 heteroatoms. The smallest absolute Gasteiger partial charge is 0.253 e. The molecule has 2 aliphatic heterocycles. The molecular formula is C29H35N7O2. The predicted molar refractivity (Wildman–Crippen MR) is 148 cm³/mol. The third-order valence-electron chi connectivity index (χ3n) is 8.21. The highest BCUT2D eigenvalue weighted by molar-refractivity contribution is 5.82. The fraction of sp³-hybridized carbons (Fsp3) is 0.448. The summed E-state index contributed by atoms with van der Waals surface area (Å²) in [6.07, 6.45) is 2.14. The van der Waals surface area contributed by atoms with Crippen LogP contribution in [0.25, 0.3) is 10.9 Å². The minimum Gasteiger partial charge on any atom is -0.376 e. The Morgan fingerprint density at radius 2 is 1.84 bits per heavy atom. The van der Waals surface area contributed by atoms with Gasteiger partial charge in [-0.25, -0.2) is 4.68 Å². The van der Waals surface area contributed by atoms with Gasteiger partial charge in [0.15, 0.2) is 5.82 Å². The molecule has 0 radical (unpaired) electrons. The van der Waals surface area contributed by atoms with E-state index in [2.05, 4.69) is 62.4 Å². The minimum atomic E-state index is -0.360. The second kappa shape index (κ2) is 10.3. The van der Waals surface area contributed by atoms with E-state index in [1.165, 1.54) is 16.8 Å². The quantitative estimate of drug-likeness (QED) is 0.422. The van der Waals surface area contributed by atoms with E-state index in [0.717, 1.165) is 62.1 Å². The number of rotatable bonds is 6. The Morgan fingerprint density at radius 1 is 1.05 bits per heavy atom. The molecule has 1 N–H and O–H groups in total. The van der Waals surface area contributed by atoms with Crippen molar-refractivity contribution in [3.05, 3.63) is 80.9 Å². The number of ether oxygens (including phenoxy) is 1. The molecule has 198 valence electrons. The average Bonchev–Trinajstić information content (AvgIpc) is 3.60. The maximum absolute atomic E-state index is 13.6. The Morgan fingerprint density at radius 3 is 2.63 bits per heavy atom. The number of para-hydroxylation sites is 1. The summed E-state index contributed by atoms with van der Waals surface area (Å²) >= 11 is 0. The third-order valence-corrected chi connectivity index (χ3v) is 8.21. The molecule has 2 aliphatic rings. The molecule has 0 bridgehead atoms. The molecule has 4 heterocycles. The summed E-state index contributed by atoms with van der Waals surface area (Å²) in [5, 5.41) is 13.9. The molecule has 4 aromatic rings. The molecule has 2 saturated heterocycles. The Hall–Kier alpha value is -3.56. The van der Waals surface area contributed by atoms with Crippen LogP contribution >= 0.6 is 0 Å². The van der Waals surface area contributed by atoms with Crippen LogP contribution in [0, 0.1) is 20.8 Å². The van der Waals surface area contributed by atoms with Gasteiger partial charge in [-0.1, -0.05) is 30.3 Å². The number of benzene rings is 2. The van der Waals surface area contributed by atoms with Gasteiger partial charge < -0.3 is 14.6 Å². The molecule has 2 aromatic heterocycles. The van der Waals surface area contributed by atoms with E-state index >= 15 is 0 Å². The van der Waals surface area contributed by atoms with E-state index in [9.17, 15) is 4.79 Å². The highest BCUT2D eigenvalue weighted by Crippen LogP contribution is 2.31. The molecule has 0 amide bonds. The van der Waals surface area contributed by atoms with Gasteiger partial charge in [-0.2, -0.15) is 0 Å². The molecular weight excluding hydrogens is 478 g/mol. The van der Waals surface area contributed by atoms with Crippen LogP contribution in [-0.4, -0.2) is 69.0 Å². The number of anilines is 1. The van der Waals surface area contributed by atoms with Crippen molar-refractivity contribution in [1.29, 1.82) is 0 Å². The van der Waals surface area contributed by atoms with Gasteiger partial charge in [0.2, 0.25) is 0 Å². The predicted octanol–water partition coefficient (Wildman–Crippen LogP) is 3.53. The maximum Gasteiger partial charge on any atom is 0.253 e. The maximum atomic E-state index is 13.6. The van der Waals surface area contributed by atoms with E-state index in [1.54, 1.807) is 0 Å². The zero-order valence-corrected chi connectivity index (χ0v) is 22.4. The van der Waals surface area contributed by atoms with Crippen molar-refractivity contribution >= 4 is 16.6 Å². The van der Waals surface area contributed by atoms with E-state index in [0.29, 0.717) is 17.9 Å². The number of fused-ring (bicyclic) bond motifs is 1. The van der Waals surface area contributed by atoms with E-state index in [4.69, 9.17) is 4.74 Å². The first-order valence-corrected chi connectivity index (χ1v) is 13.5. The number of hydrogen-bond acceptors (Lipinski definition) is 7. The van der Waals surface area contributed by atoms with Crippen LogP contribution in [0.15, 0.2) is 47.3 Å². The number of aromatic nitrogens is 5. The van der Waals surface area contributed by atoms with Crippen molar-refractivity contribution in [3.63, 3.8) is 0 Å². The van der Waals surface area contributed by atoms with Crippen molar-refractivity contribution in [3.8, 4) is 0 Å². The van der Waals surface area contributed by atoms with Gasteiger partial charge in [-0.05, 0) is 78.2 Å². The number of pyridine rings is 1. The van der Waals surface area contributed by atoms with Gasteiger partial charge in [0.25, 0.3) is 5.56 Å². The van der Waals surface area contributed by atoms with Gasteiger partial charge in [0.1, 0.15) is 6.04 Å². The van der Waals surface area contributed by atoms with Crippen LogP contribution in [0.2, 0.25) is 0 Å². The fourth-order valence-corrected chi connectivity index (χ4v) is 5.92. The summed E-state index contributed by atoms with van der Waals surface area (Å²) in [6, 6.07) is 14.2. The summed E-state index contributed by atoms with van der Waals surface area (Å²) in [7, 11) is 0. The molecule has 6 rings (SSSR count).